The van der Waals surface area contributed by atoms with E-state index in [2.05, 4.69) is 9.47 Å². The molecule has 2 nitrogen and oxygen atoms in total. The molecule has 192 valence electrons. The number of rotatable bonds is 8. The van der Waals surface area contributed by atoms with Crippen molar-refractivity contribution in [3.05, 3.63) is 95.3 Å². The fourth-order valence-electron chi connectivity index (χ4n) is 3.26. The van der Waals surface area contributed by atoms with Gasteiger partial charge in [0.25, 0.3) is 0 Å². The van der Waals surface area contributed by atoms with Gasteiger partial charge in [0.05, 0.1) is 12.3 Å². The van der Waals surface area contributed by atoms with Gasteiger partial charge in [-0.05, 0) is 35.2 Å². The number of hydrogen-bond acceptors (Lipinski definition) is 2. The highest BCUT2D eigenvalue weighted by Crippen LogP contribution is 2.38. The minimum atomic E-state index is -4.83. The summed E-state index contributed by atoms with van der Waals surface area (Å²) in [5.74, 6) is -9.28. The van der Waals surface area contributed by atoms with E-state index >= 15 is 0 Å². The summed E-state index contributed by atoms with van der Waals surface area (Å²) in [5.41, 5.74) is -0.491. The Morgan fingerprint density at radius 1 is 0.750 bits per heavy atom. The van der Waals surface area contributed by atoms with Gasteiger partial charge < -0.3 is 9.47 Å². The monoisotopic (exact) mass is 520 g/mol. The Hall–Kier alpha value is -3.63. The molecule has 0 bridgehead atoms. The van der Waals surface area contributed by atoms with Gasteiger partial charge in [0, 0.05) is 12.1 Å². The van der Waals surface area contributed by atoms with Crippen molar-refractivity contribution in [2.45, 2.75) is 32.1 Å². The molecule has 0 atom stereocenters. The SMILES string of the molecule is CCCc1ccc(-c2cc(F)c(C(F)(F)Oc3cc(F)c(O/C=C/C(F)(F)F)c(F)c3)c(F)c2)cc1. The predicted octanol–water partition coefficient (Wildman–Crippen LogP) is 8.45. The predicted molar refractivity (Wildman–Crippen MR) is 112 cm³/mol. The summed E-state index contributed by atoms with van der Waals surface area (Å²) in [6.07, 6.45) is -8.40. The van der Waals surface area contributed by atoms with Gasteiger partial charge in [-0.2, -0.15) is 22.0 Å². The topological polar surface area (TPSA) is 18.5 Å². The number of alkyl halides is 5. The van der Waals surface area contributed by atoms with Crippen LogP contribution in [-0.2, 0) is 12.5 Å². The number of aryl methyl sites for hydroxylation is 1. The molecule has 0 N–H and O–H groups in total. The first kappa shape index (κ1) is 27.0. The van der Waals surface area contributed by atoms with Crippen LogP contribution < -0.4 is 9.47 Å². The van der Waals surface area contributed by atoms with Gasteiger partial charge in [-0.15, -0.1) is 0 Å². The molecule has 3 aromatic rings. The molecule has 3 aromatic carbocycles. The molecule has 0 saturated heterocycles. The molecule has 0 heterocycles. The Bertz CT molecular complexity index is 1200. The zero-order valence-corrected chi connectivity index (χ0v) is 18.4. The van der Waals surface area contributed by atoms with Crippen LogP contribution >= 0.6 is 0 Å². The first-order chi connectivity index (χ1) is 16.8. The van der Waals surface area contributed by atoms with Gasteiger partial charge in [-0.1, -0.05) is 37.6 Å². The summed E-state index contributed by atoms with van der Waals surface area (Å²) in [7, 11) is 0. The van der Waals surface area contributed by atoms with E-state index in [0.717, 1.165) is 18.4 Å². The normalized spacial score (nSPS) is 12.3. The van der Waals surface area contributed by atoms with Gasteiger partial charge in [0.15, 0.2) is 17.4 Å². The lowest BCUT2D eigenvalue weighted by atomic mass is 10.00. The Kier molecular flexibility index (Phi) is 7.90. The van der Waals surface area contributed by atoms with Crippen LogP contribution in [0.2, 0.25) is 0 Å². The third-order valence-electron chi connectivity index (χ3n) is 4.82. The van der Waals surface area contributed by atoms with E-state index in [-0.39, 0.29) is 24.0 Å². The molecule has 0 aromatic heterocycles. The maximum atomic E-state index is 14.6. The largest absolute Gasteiger partial charge is 0.459 e. The lowest BCUT2D eigenvalue weighted by Crippen LogP contribution is -2.25. The molecule has 0 aliphatic heterocycles. The number of allylic oxidation sites excluding steroid dienone is 1. The average molecular weight is 520 g/mol. The smallest absolute Gasteiger partial charge is 0.432 e. The van der Waals surface area contributed by atoms with E-state index in [0.29, 0.717) is 17.7 Å². The van der Waals surface area contributed by atoms with Crippen molar-refractivity contribution in [2.75, 3.05) is 0 Å². The lowest BCUT2D eigenvalue weighted by Gasteiger charge is -2.20. The van der Waals surface area contributed by atoms with Crippen LogP contribution in [0.1, 0.15) is 24.5 Å². The molecule has 0 aliphatic carbocycles. The zero-order valence-electron chi connectivity index (χ0n) is 18.4. The van der Waals surface area contributed by atoms with Crippen molar-refractivity contribution in [2.24, 2.45) is 0 Å². The first-order valence-corrected chi connectivity index (χ1v) is 10.4. The molecule has 11 heteroatoms. The van der Waals surface area contributed by atoms with Crippen molar-refractivity contribution in [3.63, 3.8) is 0 Å². The highest BCUT2D eigenvalue weighted by molar-refractivity contribution is 5.64. The molecule has 3 rings (SSSR count). The van der Waals surface area contributed by atoms with Crippen LogP contribution in [0, 0.1) is 23.3 Å². The van der Waals surface area contributed by atoms with E-state index in [4.69, 9.17) is 0 Å². The zero-order chi connectivity index (χ0) is 26.7. The fourth-order valence-corrected chi connectivity index (χ4v) is 3.26. The molecule has 0 unspecified atom stereocenters. The average Bonchev–Trinajstić information content (AvgIpc) is 2.74. The Morgan fingerprint density at radius 3 is 1.81 bits per heavy atom. The molecule has 0 radical (unpaired) electrons. The van der Waals surface area contributed by atoms with Crippen LogP contribution in [0.25, 0.3) is 11.1 Å². The summed E-state index contributed by atoms with van der Waals surface area (Å²) in [5, 5.41) is 0. The second-order valence-corrected chi connectivity index (χ2v) is 7.56. The highest BCUT2D eigenvalue weighted by Gasteiger charge is 2.41. The Labute approximate surface area is 199 Å². The van der Waals surface area contributed by atoms with Gasteiger partial charge in [-0.3, -0.25) is 0 Å². The first-order valence-electron chi connectivity index (χ1n) is 10.4. The Balaban J connectivity index is 1.86. The molecular formula is C25H17F9O2. The molecule has 0 fully saturated rings. The fraction of sp³-hybridized carbons (Fsp3) is 0.200. The van der Waals surface area contributed by atoms with Gasteiger partial charge in [0.1, 0.15) is 22.9 Å². The Morgan fingerprint density at radius 2 is 1.31 bits per heavy atom. The summed E-state index contributed by atoms with van der Waals surface area (Å²) in [6, 6.07) is 8.27. The van der Waals surface area contributed by atoms with Crippen LogP contribution in [0.3, 0.4) is 0 Å². The summed E-state index contributed by atoms with van der Waals surface area (Å²) in [6.45, 7) is 1.97. The lowest BCUT2D eigenvalue weighted by molar-refractivity contribution is -0.189. The van der Waals surface area contributed by atoms with Gasteiger partial charge >= 0.3 is 12.3 Å². The quantitative estimate of drug-likeness (QED) is 0.219. The van der Waals surface area contributed by atoms with Crippen molar-refractivity contribution < 1.29 is 49.0 Å². The van der Waals surface area contributed by atoms with Crippen LogP contribution in [-0.4, -0.2) is 6.18 Å². The van der Waals surface area contributed by atoms with E-state index in [1.165, 1.54) is 0 Å². The molecule has 0 spiro atoms. The van der Waals surface area contributed by atoms with Crippen molar-refractivity contribution in [1.29, 1.82) is 0 Å². The molecule has 0 saturated carbocycles. The number of halogens is 9. The van der Waals surface area contributed by atoms with E-state index < -0.39 is 58.7 Å². The maximum Gasteiger partial charge on any atom is 0.432 e. The minimum Gasteiger partial charge on any atom is -0.459 e. The molecular weight excluding hydrogens is 503 g/mol. The number of hydrogen-bond donors (Lipinski definition) is 0. The number of benzene rings is 3. The van der Waals surface area contributed by atoms with Crippen molar-refractivity contribution in [1.82, 2.24) is 0 Å². The van der Waals surface area contributed by atoms with Gasteiger partial charge in [-0.25, -0.2) is 17.6 Å². The maximum absolute atomic E-state index is 14.6. The molecule has 0 amide bonds. The summed E-state index contributed by atoms with van der Waals surface area (Å²) < 4.78 is 131. The summed E-state index contributed by atoms with van der Waals surface area (Å²) in [4.78, 5) is 0. The molecule has 36 heavy (non-hydrogen) atoms. The minimum absolute atomic E-state index is 0.0295. The van der Waals surface area contributed by atoms with Crippen molar-refractivity contribution in [3.8, 4) is 22.6 Å². The van der Waals surface area contributed by atoms with E-state index in [1.54, 1.807) is 24.3 Å². The molecule has 0 aliphatic rings. The van der Waals surface area contributed by atoms with Crippen LogP contribution in [0.5, 0.6) is 11.5 Å². The summed E-state index contributed by atoms with van der Waals surface area (Å²) >= 11 is 0. The van der Waals surface area contributed by atoms with Crippen LogP contribution in [0.15, 0.2) is 60.9 Å². The van der Waals surface area contributed by atoms with Crippen molar-refractivity contribution >= 4 is 0 Å². The van der Waals surface area contributed by atoms with E-state index in [1.807, 2.05) is 6.92 Å². The van der Waals surface area contributed by atoms with Gasteiger partial charge in [0.2, 0.25) is 0 Å². The standard InChI is InChI=1S/C25H17F9O2/c1-2-3-14-4-6-15(7-5-14)16-10-18(26)22(19(27)11-16)25(33,34)36-17-12-20(28)23(21(29)13-17)35-9-8-24(30,31)32/h4-13H,2-3H2,1H3/b9-8+. The van der Waals surface area contributed by atoms with E-state index in [9.17, 15) is 39.5 Å². The second kappa shape index (κ2) is 10.5. The third-order valence-corrected chi connectivity index (χ3v) is 4.82. The third kappa shape index (κ3) is 6.52. The number of ether oxygens (including phenoxy) is 2. The second-order valence-electron chi connectivity index (χ2n) is 7.56. The van der Waals surface area contributed by atoms with Crippen LogP contribution in [0.4, 0.5) is 39.5 Å². The highest BCUT2D eigenvalue weighted by atomic mass is 19.4.